The Balaban J connectivity index is 1.63. The van der Waals surface area contributed by atoms with Gasteiger partial charge in [-0.25, -0.2) is 4.98 Å². The van der Waals surface area contributed by atoms with Crippen LogP contribution in [0, 0.1) is 5.92 Å². The van der Waals surface area contributed by atoms with Crippen LogP contribution in [0.3, 0.4) is 0 Å². The number of aromatic amines is 1. The summed E-state index contributed by atoms with van der Waals surface area (Å²) in [6.07, 6.45) is 1.66. The molecular formula is C21H21BrN3O2+. The minimum atomic E-state index is -0.507. The molecule has 0 saturated heterocycles. The average Bonchev–Trinajstić information content (AvgIpc) is 3.03. The van der Waals surface area contributed by atoms with Crippen molar-refractivity contribution in [1.82, 2.24) is 9.97 Å². The van der Waals surface area contributed by atoms with Crippen LogP contribution in [-0.4, -0.2) is 38.0 Å². The summed E-state index contributed by atoms with van der Waals surface area (Å²) in [5.41, 5.74) is 2.36. The summed E-state index contributed by atoms with van der Waals surface area (Å²) in [5.74, 6) is 1.31. The van der Waals surface area contributed by atoms with E-state index in [9.17, 15) is 4.79 Å². The highest BCUT2D eigenvalue weighted by Gasteiger charge is 2.59. The zero-order chi connectivity index (χ0) is 18.9. The maximum absolute atomic E-state index is 12.8. The van der Waals surface area contributed by atoms with Crippen LogP contribution in [0.1, 0.15) is 39.4 Å². The molecule has 5 nitrogen and oxygen atoms in total. The van der Waals surface area contributed by atoms with E-state index in [0.29, 0.717) is 5.92 Å². The van der Waals surface area contributed by atoms with Crippen molar-refractivity contribution in [2.24, 2.45) is 5.92 Å². The molecule has 1 aliphatic heterocycles. The molecule has 0 bridgehead atoms. The Hall–Kier alpha value is -2.21. The largest absolute Gasteiger partial charge is 0.597 e. The SMILES string of the molecule is CC(C)(C)OC(=O)[N+]1=C(c2nc3c(ccc4cc(Br)ccc43)[nH]2)CC2CC21. The van der Waals surface area contributed by atoms with E-state index in [1.807, 2.05) is 31.4 Å². The van der Waals surface area contributed by atoms with Crippen LogP contribution in [0.15, 0.2) is 34.8 Å². The van der Waals surface area contributed by atoms with E-state index in [-0.39, 0.29) is 12.1 Å². The van der Waals surface area contributed by atoms with Gasteiger partial charge in [0.2, 0.25) is 5.71 Å². The van der Waals surface area contributed by atoms with Gasteiger partial charge < -0.3 is 9.72 Å². The summed E-state index contributed by atoms with van der Waals surface area (Å²) in [7, 11) is 0. The van der Waals surface area contributed by atoms with Gasteiger partial charge in [-0.05, 0) is 44.4 Å². The zero-order valence-corrected chi connectivity index (χ0v) is 17.1. The quantitative estimate of drug-likeness (QED) is 0.556. The van der Waals surface area contributed by atoms with E-state index in [2.05, 4.69) is 45.2 Å². The first-order valence-electron chi connectivity index (χ1n) is 9.26. The molecule has 3 aromatic rings. The molecule has 2 unspecified atom stereocenters. The van der Waals surface area contributed by atoms with Crippen molar-refractivity contribution in [2.75, 3.05) is 0 Å². The molecule has 138 valence electrons. The Bertz CT molecular complexity index is 1140. The van der Waals surface area contributed by atoms with Crippen molar-refractivity contribution in [1.29, 1.82) is 0 Å². The Kier molecular flexibility index (Phi) is 3.54. The van der Waals surface area contributed by atoms with Crippen LogP contribution in [0.2, 0.25) is 0 Å². The minimum absolute atomic E-state index is 0.260. The van der Waals surface area contributed by atoms with Crippen molar-refractivity contribution in [2.45, 2.75) is 45.3 Å². The van der Waals surface area contributed by atoms with Crippen molar-refractivity contribution >= 4 is 49.5 Å². The molecule has 1 fully saturated rings. The number of H-pyrrole nitrogens is 1. The number of carbonyl (C=O) groups excluding carboxylic acids is 1. The van der Waals surface area contributed by atoms with Crippen LogP contribution < -0.4 is 0 Å². The molecule has 1 amide bonds. The van der Waals surface area contributed by atoms with E-state index in [4.69, 9.17) is 9.72 Å². The Morgan fingerprint density at radius 3 is 2.89 bits per heavy atom. The van der Waals surface area contributed by atoms with Gasteiger partial charge in [0.1, 0.15) is 5.60 Å². The number of hydrogen-bond acceptors (Lipinski definition) is 3. The maximum atomic E-state index is 12.8. The number of carbonyl (C=O) groups is 1. The van der Waals surface area contributed by atoms with Gasteiger partial charge in [0.25, 0.3) is 0 Å². The van der Waals surface area contributed by atoms with Crippen molar-refractivity contribution in [3.8, 4) is 0 Å². The topological polar surface area (TPSA) is 58.0 Å². The number of rotatable bonds is 1. The second kappa shape index (κ2) is 5.64. The highest BCUT2D eigenvalue weighted by molar-refractivity contribution is 9.10. The molecule has 2 aromatic carbocycles. The number of benzene rings is 2. The van der Waals surface area contributed by atoms with Crippen LogP contribution in [0.25, 0.3) is 21.8 Å². The van der Waals surface area contributed by atoms with Gasteiger partial charge in [-0.15, -0.1) is 4.58 Å². The number of aromatic nitrogens is 2. The first-order valence-corrected chi connectivity index (χ1v) is 10.1. The van der Waals surface area contributed by atoms with E-state index < -0.39 is 5.60 Å². The lowest BCUT2D eigenvalue weighted by atomic mass is 10.1. The van der Waals surface area contributed by atoms with Gasteiger partial charge in [-0.2, -0.15) is 4.79 Å². The number of imidazole rings is 1. The van der Waals surface area contributed by atoms with E-state index in [1.165, 1.54) is 0 Å². The zero-order valence-electron chi connectivity index (χ0n) is 15.5. The lowest BCUT2D eigenvalue weighted by Crippen LogP contribution is -2.34. The van der Waals surface area contributed by atoms with Crippen molar-refractivity contribution < 1.29 is 14.1 Å². The minimum Gasteiger partial charge on any atom is -0.406 e. The molecular weight excluding hydrogens is 406 g/mol. The first-order chi connectivity index (χ1) is 12.8. The number of nitrogens with zero attached hydrogens (tertiary/aromatic N) is 2. The van der Waals surface area contributed by atoms with E-state index in [1.54, 1.807) is 0 Å². The standard InChI is InChI=1S/C21H20BrN3O2/c1-21(2,3)27-20(26)25-16-9-12(16)10-17(25)19-23-15-7-4-11-8-13(22)5-6-14(11)18(15)24-19/h4-8,12,16H,9-10H2,1-3H3/p+1. The number of hydrogen-bond donors (Lipinski definition) is 1. The Morgan fingerprint density at radius 2 is 2.11 bits per heavy atom. The Labute approximate surface area is 165 Å². The molecule has 1 aliphatic carbocycles. The lowest BCUT2D eigenvalue weighted by molar-refractivity contribution is -0.461. The molecule has 2 heterocycles. The molecule has 1 N–H and O–H groups in total. The van der Waals surface area contributed by atoms with E-state index in [0.717, 1.165) is 50.7 Å². The van der Waals surface area contributed by atoms with Crippen LogP contribution in [0.5, 0.6) is 0 Å². The fourth-order valence-corrected chi connectivity index (χ4v) is 4.37. The maximum Gasteiger partial charge on any atom is 0.597 e. The molecule has 5 rings (SSSR count). The number of nitrogens with one attached hydrogen (secondary N) is 1. The van der Waals surface area contributed by atoms with Crippen molar-refractivity contribution in [3.05, 3.63) is 40.6 Å². The number of fused-ring (bicyclic) bond motifs is 4. The van der Waals surface area contributed by atoms with E-state index >= 15 is 0 Å². The molecule has 2 atom stereocenters. The third kappa shape index (κ3) is 2.87. The third-order valence-electron chi connectivity index (χ3n) is 5.26. The smallest absolute Gasteiger partial charge is 0.406 e. The first kappa shape index (κ1) is 16.9. The molecule has 6 heteroatoms. The fourth-order valence-electron chi connectivity index (χ4n) is 3.99. The van der Waals surface area contributed by atoms with Crippen LogP contribution >= 0.6 is 15.9 Å². The van der Waals surface area contributed by atoms with Gasteiger partial charge in [0.05, 0.1) is 11.0 Å². The van der Waals surface area contributed by atoms with Crippen LogP contribution in [-0.2, 0) is 4.74 Å². The molecule has 2 aliphatic rings. The predicted molar refractivity (Wildman–Crippen MR) is 108 cm³/mol. The van der Waals surface area contributed by atoms with Gasteiger partial charge in [-0.3, -0.25) is 0 Å². The highest BCUT2D eigenvalue weighted by atomic mass is 79.9. The summed E-state index contributed by atoms with van der Waals surface area (Å²) < 4.78 is 8.52. The summed E-state index contributed by atoms with van der Waals surface area (Å²) in [6.45, 7) is 5.70. The molecule has 1 saturated carbocycles. The summed E-state index contributed by atoms with van der Waals surface area (Å²) >= 11 is 3.52. The average molecular weight is 427 g/mol. The summed E-state index contributed by atoms with van der Waals surface area (Å²) in [4.78, 5) is 21.1. The molecule has 0 radical (unpaired) electrons. The fraction of sp³-hybridized carbons (Fsp3) is 0.381. The summed E-state index contributed by atoms with van der Waals surface area (Å²) in [5, 5.41) is 2.24. The third-order valence-corrected chi connectivity index (χ3v) is 5.75. The second-order valence-electron chi connectivity index (χ2n) is 8.48. The monoisotopic (exact) mass is 426 g/mol. The highest BCUT2D eigenvalue weighted by Crippen LogP contribution is 2.43. The summed E-state index contributed by atoms with van der Waals surface area (Å²) in [6, 6.07) is 10.6. The molecule has 27 heavy (non-hydrogen) atoms. The molecule has 0 spiro atoms. The van der Waals surface area contributed by atoms with Gasteiger partial charge in [-0.1, -0.05) is 28.1 Å². The number of amides is 1. The number of halogens is 1. The predicted octanol–water partition coefficient (Wildman–Crippen LogP) is 5.01. The van der Waals surface area contributed by atoms with Gasteiger partial charge >= 0.3 is 6.09 Å². The van der Waals surface area contributed by atoms with Crippen molar-refractivity contribution in [3.63, 3.8) is 0 Å². The Morgan fingerprint density at radius 1 is 1.30 bits per heavy atom. The van der Waals surface area contributed by atoms with Crippen LogP contribution in [0.4, 0.5) is 4.79 Å². The second-order valence-corrected chi connectivity index (χ2v) is 9.39. The molecule has 1 aromatic heterocycles. The van der Waals surface area contributed by atoms with Gasteiger partial charge in [0, 0.05) is 28.6 Å². The lowest BCUT2D eigenvalue weighted by Gasteiger charge is -2.16. The number of ether oxygens (including phenoxy) is 1. The normalized spacial score (nSPS) is 21.8. The van der Waals surface area contributed by atoms with Gasteiger partial charge in [0.15, 0.2) is 11.9 Å².